The Labute approximate surface area is 199 Å². The molecule has 0 spiro atoms. The van der Waals surface area contributed by atoms with E-state index in [9.17, 15) is 29.3 Å². The molecule has 2 aromatic carbocycles. The Balaban J connectivity index is 1.24. The number of nitro groups is 1. The number of hydrogen-bond donors (Lipinski definition) is 0. The molecular formula is C25H20N2O8. The number of esters is 1. The molecular weight excluding hydrogens is 456 g/mol. The summed E-state index contributed by atoms with van der Waals surface area (Å²) in [5.41, 5.74) is 0.134. The number of amides is 2. The van der Waals surface area contributed by atoms with Crippen molar-refractivity contribution in [1.29, 1.82) is 0 Å². The topological polar surface area (TPSA) is 133 Å². The predicted molar refractivity (Wildman–Crippen MR) is 121 cm³/mol. The Morgan fingerprint density at radius 1 is 1.00 bits per heavy atom. The Bertz CT molecular complexity index is 1270. The first-order valence-electron chi connectivity index (χ1n) is 11.0. The van der Waals surface area contributed by atoms with Crippen LogP contribution in [0, 0.1) is 33.8 Å². The van der Waals surface area contributed by atoms with E-state index in [2.05, 4.69) is 0 Å². The summed E-state index contributed by atoms with van der Waals surface area (Å²) in [6, 6.07) is 9.53. The summed E-state index contributed by atoms with van der Waals surface area (Å²) in [4.78, 5) is 62.3. The van der Waals surface area contributed by atoms with Crippen molar-refractivity contribution >= 4 is 34.9 Å². The van der Waals surface area contributed by atoms with Gasteiger partial charge in [-0.2, -0.15) is 0 Å². The van der Waals surface area contributed by atoms with Crippen molar-refractivity contribution in [3.63, 3.8) is 0 Å². The van der Waals surface area contributed by atoms with Crippen LogP contribution in [-0.2, 0) is 14.3 Å². The minimum absolute atomic E-state index is 0.000659. The molecule has 2 bridgehead atoms. The fourth-order valence-corrected chi connectivity index (χ4v) is 5.21. The van der Waals surface area contributed by atoms with Crippen LogP contribution in [0.4, 0.5) is 11.4 Å². The SMILES string of the molecule is COc1ccc(C(=O)COC(=O)c2ccc(N3C(=O)[C@@H]4[C@@H](C3=O)[C@H]3C=C[C@H]4C3)cc2)cc1[N+](=O)[O-]. The monoisotopic (exact) mass is 476 g/mol. The van der Waals surface area contributed by atoms with Crippen LogP contribution in [0.2, 0.25) is 0 Å². The molecule has 0 unspecified atom stereocenters. The summed E-state index contributed by atoms with van der Waals surface area (Å²) in [5.74, 6) is -2.27. The van der Waals surface area contributed by atoms with E-state index < -0.39 is 23.3 Å². The lowest BCUT2D eigenvalue weighted by Crippen LogP contribution is -2.32. The third kappa shape index (κ3) is 3.67. The second kappa shape index (κ2) is 8.46. The number of methoxy groups -OCH3 is 1. The van der Waals surface area contributed by atoms with Gasteiger partial charge in [0.1, 0.15) is 0 Å². The van der Waals surface area contributed by atoms with Crippen LogP contribution in [0.25, 0.3) is 0 Å². The van der Waals surface area contributed by atoms with Crippen molar-refractivity contribution in [2.45, 2.75) is 6.42 Å². The molecule has 2 amide bonds. The maximum Gasteiger partial charge on any atom is 0.338 e. The molecule has 10 heteroatoms. The van der Waals surface area contributed by atoms with Gasteiger partial charge in [-0.1, -0.05) is 12.2 Å². The zero-order valence-corrected chi connectivity index (χ0v) is 18.6. The van der Waals surface area contributed by atoms with Gasteiger partial charge in [0.15, 0.2) is 12.4 Å². The average molecular weight is 476 g/mol. The Kier molecular flexibility index (Phi) is 5.43. The first-order chi connectivity index (χ1) is 16.8. The van der Waals surface area contributed by atoms with E-state index in [1.807, 2.05) is 12.2 Å². The summed E-state index contributed by atoms with van der Waals surface area (Å²) in [5, 5.41) is 11.1. The molecule has 178 valence electrons. The Hall–Kier alpha value is -4.34. The molecule has 35 heavy (non-hydrogen) atoms. The smallest absolute Gasteiger partial charge is 0.338 e. The molecule has 0 N–H and O–H groups in total. The maximum atomic E-state index is 12.9. The van der Waals surface area contributed by atoms with Crippen molar-refractivity contribution in [1.82, 2.24) is 0 Å². The number of carbonyl (C=O) groups is 4. The van der Waals surface area contributed by atoms with Crippen molar-refractivity contribution < 1.29 is 33.6 Å². The van der Waals surface area contributed by atoms with Crippen LogP contribution in [0.15, 0.2) is 54.6 Å². The number of ether oxygens (including phenoxy) is 2. The van der Waals surface area contributed by atoms with E-state index in [1.165, 1.54) is 48.4 Å². The molecule has 2 fully saturated rings. The van der Waals surface area contributed by atoms with Crippen molar-refractivity contribution in [3.05, 3.63) is 75.9 Å². The van der Waals surface area contributed by atoms with E-state index in [0.717, 1.165) is 12.5 Å². The highest BCUT2D eigenvalue weighted by atomic mass is 16.6. The molecule has 5 rings (SSSR count). The van der Waals surface area contributed by atoms with Gasteiger partial charge < -0.3 is 9.47 Å². The molecule has 0 aromatic heterocycles. The van der Waals surface area contributed by atoms with Gasteiger partial charge >= 0.3 is 11.7 Å². The number of carbonyl (C=O) groups excluding carboxylic acids is 4. The fourth-order valence-electron chi connectivity index (χ4n) is 5.21. The third-order valence-electron chi connectivity index (χ3n) is 6.86. The predicted octanol–water partition coefficient (Wildman–Crippen LogP) is 2.95. The van der Waals surface area contributed by atoms with Gasteiger partial charge in [-0.3, -0.25) is 29.4 Å². The Morgan fingerprint density at radius 2 is 1.60 bits per heavy atom. The van der Waals surface area contributed by atoms with Crippen LogP contribution in [-0.4, -0.2) is 42.2 Å². The average Bonchev–Trinajstić information content (AvgIpc) is 3.55. The standard InChI is InChI=1S/C25H20N2O8/c1-34-20-9-6-14(11-18(20)27(32)33)19(28)12-35-25(31)13-4-7-17(8-5-13)26-23(29)21-15-2-3-16(10-15)22(21)24(26)30/h2-9,11,15-16,21-22H,10,12H2,1H3/t15-,16-,21-,22-/m0/s1. The molecule has 10 nitrogen and oxygen atoms in total. The minimum atomic E-state index is -0.786. The van der Waals surface area contributed by atoms with Crippen LogP contribution in [0.1, 0.15) is 27.1 Å². The van der Waals surface area contributed by atoms with Gasteiger partial charge in [0.25, 0.3) is 0 Å². The largest absolute Gasteiger partial charge is 0.490 e. The lowest BCUT2D eigenvalue weighted by Gasteiger charge is -2.17. The van der Waals surface area contributed by atoms with Crippen molar-refractivity contribution in [2.24, 2.45) is 23.7 Å². The number of rotatable bonds is 7. The number of Topliss-reactive ketones (excluding diaryl/α,β-unsaturated/α-hetero) is 1. The lowest BCUT2D eigenvalue weighted by molar-refractivity contribution is -0.385. The summed E-state index contributed by atoms with van der Waals surface area (Å²) >= 11 is 0. The number of imide groups is 1. The van der Waals surface area contributed by atoms with Crippen LogP contribution in [0.3, 0.4) is 0 Å². The molecule has 2 aromatic rings. The molecule has 4 atom stereocenters. The molecule has 1 saturated carbocycles. The number of fused-ring (bicyclic) bond motifs is 5. The first kappa shape index (κ1) is 22.5. The van der Waals surface area contributed by atoms with E-state index in [1.54, 1.807) is 0 Å². The highest BCUT2D eigenvalue weighted by molar-refractivity contribution is 6.22. The van der Waals surface area contributed by atoms with E-state index in [4.69, 9.17) is 9.47 Å². The zero-order chi connectivity index (χ0) is 24.9. The maximum absolute atomic E-state index is 12.9. The third-order valence-corrected chi connectivity index (χ3v) is 6.86. The van der Waals surface area contributed by atoms with Crippen LogP contribution < -0.4 is 9.64 Å². The normalized spacial score (nSPS) is 24.0. The highest BCUT2D eigenvalue weighted by Crippen LogP contribution is 2.53. The number of nitrogens with zero attached hydrogens (tertiary/aromatic N) is 2. The fraction of sp³-hybridized carbons (Fsp3) is 0.280. The second-order valence-corrected chi connectivity index (χ2v) is 8.70. The van der Waals surface area contributed by atoms with Gasteiger partial charge in [0, 0.05) is 11.6 Å². The number of hydrogen-bond acceptors (Lipinski definition) is 8. The van der Waals surface area contributed by atoms with Crippen molar-refractivity contribution in [2.75, 3.05) is 18.6 Å². The first-order valence-corrected chi connectivity index (χ1v) is 11.0. The van der Waals surface area contributed by atoms with Gasteiger partial charge in [-0.05, 0) is 54.7 Å². The zero-order valence-electron chi connectivity index (χ0n) is 18.6. The van der Waals surface area contributed by atoms with Gasteiger partial charge in [-0.15, -0.1) is 0 Å². The molecule has 3 aliphatic rings. The summed E-state index contributed by atoms with van der Waals surface area (Å²) in [7, 11) is 1.28. The van der Waals surface area contributed by atoms with Crippen LogP contribution >= 0.6 is 0 Å². The highest BCUT2D eigenvalue weighted by Gasteiger charge is 2.59. The summed E-state index contributed by atoms with van der Waals surface area (Å²) in [6.07, 6.45) is 4.88. The number of ketones is 1. The number of anilines is 1. The summed E-state index contributed by atoms with van der Waals surface area (Å²) in [6.45, 7) is -0.619. The van der Waals surface area contributed by atoms with Gasteiger partial charge in [0.2, 0.25) is 17.6 Å². The lowest BCUT2D eigenvalue weighted by atomic mass is 9.85. The molecule has 0 radical (unpaired) electrons. The van der Waals surface area contributed by atoms with Crippen LogP contribution in [0.5, 0.6) is 5.75 Å². The number of benzene rings is 2. The number of allylic oxidation sites excluding steroid dienone is 2. The van der Waals surface area contributed by atoms with E-state index >= 15 is 0 Å². The molecule has 2 aliphatic carbocycles. The number of nitro benzene ring substituents is 1. The molecule has 1 aliphatic heterocycles. The van der Waals surface area contributed by atoms with E-state index in [-0.39, 0.29) is 58.0 Å². The van der Waals surface area contributed by atoms with E-state index in [0.29, 0.717) is 5.69 Å². The second-order valence-electron chi connectivity index (χ2n) is 8.70. The molecule has 1 saturated heterocycles. The minimum Gasteiger partial charge on any atom is -0.490 e. The summed E-state index contributed by atoms with van der Waals surface area (Å²) < 4.78 is 9.97. The quantitative estimate of drug-likeness (QED) is 0.149. The van der Waals surface area contributed by atoms with Crippen molar-refractivity contribution in [3.8, 4) is 5.75 Å². The Morgan fingerprint density at radius 3 is 2.17 bits per heavy atom. The molecule has 1 heterocycles. The van der Waals surface area contributed by atoms with Gasteiger partial charge in [0.05, 0.1) is 35.1 Å². The van der Waals surface area contributed by atoms with Gasteiger partial charge in [-0.25, -0.2) is 4.79 Å².